The second-order valence-electron chi connectivity index (χ2n) is 2.81. The van der Waals surface area contributed by atoms with Gasteiger partial charge in [-0.15, -0.1) is 0 Å². The van der Waals surface area contributed by atoms with Crippen molar-refractivity contribution >= 4 is 67.3 Å². The number of nitrogens with one attached hydrogen (secondary N) is 1. The summed E-state index contributed by atoms with van der Waals surface area (Å²) in [6, 6.07) is -1.12. The van der Waals surface area contributed by atoms with E-state index in [1.807, 2.05) is 0 Å². The van der Waals surface area contributed by atoms with E-state index in [4.69, 9.17) is 0 Å². The Kier molecular flexibility index (Phi) is 12.2. The van der Waals surface area contributed by atoms with E-state index in [-0.39, 0.29) is 44.2 Å². The first-order valence-electron chi connectivity index (χ1n) is 4.36. The Hall–Kier alpha value is -0.240. The fourth-order valence-corrected chi connectivity index (χ4v) is 1.32. The second kappa shape index (κ2) is 10.9. The number of hydrogen-bond acceptors (Lipinski definition) is 6. The number of rotatable bonds is 7. The van der Waals surface area contributed by atoms with E-state index in [9.17, 15) is 24.6 Å². The standard InChI is InChI=1S/C9H13NO5S.Ca/c1-16-5-4-6(9(14)15)10-7(11)2-3-8(12)13;/h2-3,6H,4-5H2,1H3,(H,10,11)(H,12,13)(H,14,15);/q;+2/p-2/b3-2-;. The zero-order valence-corrected chi connectivity index (χ0v) is 12.3. The number of carbonyl (C=O) groups excluding carboxylic acids is 3. The molecule has 0 aliphatic rings. The predicted octanol–water partition coefficient (Wildman–Crippen LogP) is -3.10. The van der Waals surface area contributed by atoms with Gasteiger partial charge in [0.2, 0.25) is 5.91 Å². The van der Waals surface area contributed by atoms with Crippen LogP contribution in [0.5, 0.6) is 0 Å². The van der Waals surface area contributed by atoms with Crippen LogP contribution in [0.15, 0.2) is 12.2 Å². The normalized spacial score (nSPS) is 11.6. The van der Waals surface area contributed by atoms with Crippen LogP contribution >= 0.6 is 11.8 Å². The SMILES string of the molecule is CSCCC(NC(=O)/C=C\C(=O)[O-])C(=O)[O-].[Ca+2]. The van der Waals surface area contributed by atoms with Gasteiger partial charge in [-0.3, -0.25) is 4.79 Å². The molecule has 0 saturated carbocycles. The minimum Gasteiger partial charge on any atom is -0.548 e. The number of amides is 1. The Bertz CT molecular complexity index is 308. The van der Waals surface area contributed by atoms with Gasteiger partial charge in [-0.2, -0.15) is 11.8 Å². The van der Waals surface area contributed by atoms with Gasteiger partial charge in [-0.05, 0) is 24.5 Å². The van der Waals surface area contributed by atoms with Crippen molar-refractivity contribution in [2.24, 2.45) is 0 Å². The van der Waals surface area contributed by atoms with Crippen molar-refractivity contribution in [3.8, 4) is 0 Å². The van der Waals surface area contributed by atoms with Gasteiger partial charge < -0.3 is 25.1 Å². The summed E-state index contributed by atoms with van der Waals surface area (Å²) in [4.78, 5) is 31.6. The summed E-state index contributed by atoms with van der Waals surface area (Å²) in [5.74, 6) is -3.18. The molecular formula is C9H11CaNO5S. The van der Waals surface area contributed by atoms with Crippen molar-refractivity contribution in [2.75, 3.05) is 12.0 Å². The van der Waals surface area contributed by atoms with Crippen LogP contribution in [-0.2, 0) is 14.4 Å². The topological polar surface area (TPSA) is 109 Å². The maximum atomic E-state index is 11.0. The largest absolute Gasteiger partial charge is 2.00 e. The third-order valence-corrected chi connectivity index (χ3v) is 2.23. The van der Waals surface area contributed by atoms with Gasteiger partial charge >= 0.3 is 37.7 Å². The molecule has 0 radical (unpaired) electrons. The summed E-state index contributed by atoms with van der Waals surface area (Å²) >= 11 is 1.43. The van der Waals surface area contributed by atoms with Crippen LogP contribution in [0.1, 0.15) is 6.42 Å². The Morgan fingerprint density at radius 2 is 1.88 bits per heavy atom. The van der Waals surface area contributed by atoms with Crippen LogP contribution in [0, 0.1) is 0 Å². The molecule has 0 spiro atoms. The number of thioether (sulfide) groups is 1. The van der Waals surface area contributed by atoms with Gasteiger partial charge in [0.05, 0.1) is 18.0 Å². The number of aliphatic carboxylic acids is 2. The van der Waals surface area contributed by atoms with Gasteiger partial charge in [0, 0.05) is 6.08 Å². The first kappa shape index (κ1) is 19.1. The molecule has 0 aliphatic heterocycles. The van der Waals surface area contributed by atoms with Crippen LogP contribution in [0.3, 0.4) is 0 Å². The molecule has 0 aromatic rings. The molecule has 17 heavy (non-hydrogen) atoms. The zero-order valence-electron chi connectivity index (χ0n) is 9.30. The van der Waals surface area contributed by atoms with E-state index < -0.39 is 23.9 Å². The number of carbonyl (C=O) groups is 3. The van der Waals surface area contributed by atoms with Crippen molar-refractivity contribution in [1.82, 2.24) is 5.32 Å². The van der Waals surface area contributed by atoms with Gasteiger partial charge in [0.15, 0.2) is 0 Å². The molecule has 0 aliphatic carbocycles. The van der Waals surface area contributed by atoms with Crippen molar-refractivity contribution in [3.63, 3.8) is 0 Å². The quantitative estimate of drug-likeness (QED) is 0.392. The van der Waals surface area contributed by atoms with E-state index in [2.05, 4.69) is 5.32 Å². The number of carboxylic acids is 2. The summed E-state index contributed by atoms with van der Waals surface area (Å²) < 4.78 is 0. The van der Waals surface area contributed by atoms with Crippen molar-refractivity contribution in [2.45, 2.75) is 12.5 Å². The molecule has 90 valence electrons. The predicted molar refractivity (Wildman–Crippen MR) is 59.8 cm³/mol. The molecule has 0 bridgehead atoms. The van der Waals surface area contributed by atoms with Crippen LogP contribution < -0.4 is 15.5 Å². The van der Waals surface area contributed by atoms with Crippen molar-refractivity contribution in [1.29, 1.82) is 0 Å². The Labute approximate surface area is 133 Å². The summed E-state index contributed by atoms with van der Waals surface area (Å²) in [5.41, 5.74) is 0. The first-order chi connectivity index (χ1) is 7.47. The molecule has 0 heterocycles. The molecule has 8 heteroatoms. The third kappa shape index (κ3) is 10.6. The fraction of sp³-hybridized carbons (Fsp3) is 0.444. The number of carboxylic acid groups (broad SMARTS) is 2. The molecule has 0 rings (SSSR count). The Morgan fingerprint density at radius 1 is 1.29 bits per heavy atom. The molecule has 1 unspecified atom stereocenters. The maximum Gasteiger partial charge on any atom is 2.00 e. The summed E-state index contributed by atoms with van der Waals surface area (Å²) in [7, 11) is 0. The molecule has 0 saturated heterocycles. The zero-order chi connectivity index (χ0) is 12.6. The van der Waals surface area contributed by atoms with Crippen LogP contribution in [-0.4, -0.2) is 73.6 Å². The van der Waals surface area contributed by atoms with E-state index in [1.165, 1.54) is 11.8 Å². The van der Waals surface area contributed by atoms with Crippen molar-refractivity contribution in [3.05, 3.63) is 12.2 Å². The Morgan fingerprint density at radius 3 is 2.29 bits per heavy atom. The third-order valence-electron chi connectivity index (χ3n) is 1.58. The van der Waals surface area contributed by atoms with E-state index >= 15 is 0 Å². The molecule has 0 aromatic carbocycles. The second-order valence-corrected chi connectivity index (χ2v) is 3.80. The van der Waals surface area contributed by atoms with Crippen molar-refractivity contribution < 1.29 is 24.6 Å². The summed E-state index contributed by atoms with van der Waals surface area (Å²) in [5, 5.41) is 22.7. The molecule has 1 amide bonds. The monoisotopic (exact) mass is 285 g/mol. The minimum atomic E-state index is -1.52. The van der Waals surface area contributed by atoms with Crippen LogP contribution in [0.4, 0.5) is 0 Å². The average Bonchev–Trinajstić information content (AvgIpc) is 2.20. The smallest absolute Gasteiger partial charge is 0.548 e. The van der Waals surface area contributed by atoms with Gasteiger partial charge in [-0.1, -0.05) is 0 Å². The Balaban J connectivity index is 0. The molecule has 0 aromatic heterocycles. The minimum absolute atomic E-state index is 0. The molecule has 1 atom stereocenters. The van der Waals surface area contributed by atoms with E-state index in [0.29, 0.717) is 17.9 Å². The van der Waals surface area contributed by atoms with E-state index in [0.717, 1.165) is 0 Å². The van der Waals surface area contributed by atoms with Gasteiger partial charge in [0.1, 0.15) is 0 Å². The molecular weight excluding hydrogens is 274 g/mol. The molecule has 1 N–H and O–H groups in total. The first-order valence-corrected chi connectivity index (χ1v) is 5.76. The van der Waals surface area contributed by atoms with E-state index in [1.54, 1.807) is 6.26 Å². The average molecular weight is 285 g/mol. The van der Waals surface area contributed by atoms with Gasteiger partial charge in [0.25, 0.3) is 0 Å². The maximum absolute atomic E-state index is 11.0. The molecule has 6 nitrogen and oxygen atoms in total. The van der Waals surface area contributed by atoms with Gasteiger partial charge in [-0.25, -0.2) is 0 Å². The number of hydrogen-bond donors (Lipinski definition) is 1. The van der Waals surface area contributed by atoms with Crippen LogP contribution in [0.25, 0.3) is 0 Å². The van der Waals surface area contributed by atoms with Crippen LogP contribution in [0.2, 0.25) is 0 Å². The molecule has 0 fully saturated rings. The fourth-order valence-electron chi connectivity index (χ4n) is 0.848. The summed E-state index contributed by atoms with van der Waals surface area (Å²) in [6.45, 7) is 0. The summed E-state index contributed by atoms with van der Waals surface area (Å²) in [6.07, 6.45) is 3.24.